The second-order valence-corrected chi connectivity index (χ2v) is 4.52. The molecule has 2 N–H and O–H groups in total. The topological polar surface area (TPSA) is 71.8 Å². The summed E-state index contributed by atoms with van der Waals surface area (Å²) in [4.78, 5) is 11.6. The van der Waals surface area contributed by atoms with E-state index in [0.29, 0.717) is 19.0 Å². The lowest BCUT2D eigenvalue weighted by molar-refractivity contribution is -0.121. The van der Waals surface area contributed by atoms with Crippen molar-refractivity contribution in [1.29, 1.82) is 0 Å². The highest BCUT2D eigenvalue weighted by molar-refractivity contribution is 5.75. The van der Waals surface area contributed by atoms with E-state index in [1.165, 1.54) is 0 Å². The van der Waals surface area contributed by atoms with Crippen molar-refractivity contribution < 1.29 is 4.79 Å². The maximum Gasteiger partial charge on any atom is 0.220 e. The quantitative estimate of drug-likeness (QED) is 0.669. The third-order valence-electron chi connectivity index (χ3n) is 2.61. The van der Waals surface area contributed by atoms with Crippen LogP contribution in [0.25, 0.3) is 0 Å². The number of rotatable bonds is 8. The average Bonchev–Trinajstić information content (AvgIpc) is 2.79. The standard InChI is InChI=1S/C12H23N5O/c1-4-17-9-15-16-11(17)8-14-12(18)6-5-7-13-10(2)3/h9-10,13H,4-8H2,1-3H3,(H,14,18). The van der Waals surface area contributed by atoms with E-state index in [4.69, 9.17) is 0 Å². The molecule has 0 fully saturated rings. The Labute approximate surface area is 108 Å². The van der Waals surface area contributed by atoms with Crippen molar-refractivity contribution in [1.82, 2.24) is 25.4 Å². The van der Waals surface area contributed by atoms with E-state index in [9.17, 15) is 4.79 Å². The van der Waals surface area contributed by atoms with E-state index >= 15 is 0 Å². The summed E-state index contributed by atoms with van der Waals surface area (Å²) < 4.78 is 1.92. The lowest BCUT2D eigenvalue weighted by Crippen LogP contribution is -2.27. The van der Waals surface area contributed by atoms with Gasteiger partial charge in [0.1, 0.15) is 6.33 Å². The molecule has 18 heavy (non-hydrogen) atoms. The van der Waals surface area contributed by atoms with E-state index in [1.54, 1.807) is 6.33 Å². The monoisotopic (exact) mass is 253 g/mol. The maximum absolute atomic E-state index is 11.6. The van der Waals surface area contributed by atoms with E-state index in [-0.39, 0.29) is 5.91 Å². The van der Waals surface area contributed by atoms with Gasteiger partial charge in [-0.15, -0.1) is 10.2 Å². The lowest BCUT2D eigenvalue weighted by atomic mass is 10.2. The van der Waals surface area contributed by atoms with E-state index < -0.39 is 0 Å². The Bertz CT molecular complexity index is 361. The summed E-state index contributed by atoms with van der Waals surface area (Å²) in [7, 11) is 0. The first kappa shape index (κ1) is 14.6. The molecule has 6 heteroatoms. The van der Waals surface area contributed by atoms with Gasteiger partial charge in [-0.2, -0.15) is 0 Å². The van der Waals surface area contributed by atoms with Crippen LogP contribution in [0.15, 0.2) is 6.33 Å². The SMILES string of the molecule is CCn1cnnc1CNC(=O)CCCNC(C)C. The number of aromatic nitrogens is 3. The Hall–Kier alpha value is -1.43. The predicted molar refractivity (Wildman–Crippen MR) is 69.9 cm³/mol. The summed E-state index contributed by atoms with van der Waals surface area (Å²) in [5.41, 5.74) is 0. The molecule has 0 aliphatic carbocycles. The fraction of sp³-hybridized carbons (Fsp3) is 0.750. The van der Waals surface area contributed by atoms with Gasteiger partial charge in [-0.3, -0.25) is 4.79 Å². The zero-order valence-corrected chi connectivity index (χ0v) is 11.4. The van der Waals surface area contributed by atoms with Gasteiger partial charge >= 0.3 is 0 Å². The fourth-order valence-corrected chi connectivity index (χ4v) is 1.59. The van der Waals surface area contributed by atoms with Crippen LogP contribution in [-0.2, 0) is 17.9 Å². The van der Waals surface area contributed by atoms with Crippen molar-refractivity contribution in [2.45, 2.75) is 52.7 Å². The van der Waals surface area contributed by atoms with Crippen LogP contribution in [0.1, 0.15) is 39.4 Å². The second-order valence-electron chi connectivity index (χ2n) is 4.52. The van der Waals surface area contributed by atoms with Crippen LogP contribution in [-0.4, -0.2) is 33.3 Å². The Balaban J connectivity index is 2.17. The van der Waals surface area contributed by atoms with Crippen molar-refractivity contribution in [3.05, 3.63) is 12.2 Å². The van der Waals surface area contributed by atoms with Crippen molar-refractivity contribution in [3.8, 4) is 0 Å². The number of amides is 1. The second kappa shape index (κ2) is 7.81. The molecule has 0 spiro atoms. The van der Waals surface area contributed by atoms with Crippen molar-refractivity contribution in [2.24, 2.45) is 0 Å². The molecule has 0 aliphatic heterocycles. The molecule has 0 radical (unpaired) electrons. The summed E-state index contributed by atoms with van der Waals surface area (Å²) in [6, 6.07) is 0.469. The molecule has 1 heterocycles. The predicted octanol–water partition coefficient (Wildman–Crippen LogP) is 0.692. The zero-order valence-electron chi connectivity index (χ0n) is 11.4. The number of nitrogens with zero attached hydrogens (tertiary/aromatic N) is 3. The van der Waals surface area contributed by atoms with Crippen molar-refractivity contribution in [3.63, 3.8) is 0 Å². The number of carbonyl (C=O) groups is 1. The van der Waals surface area contributed by atoms with Crippen LogP contribution in [0, 0.1) is 0 Å². The van der Waals surface area contributed by atoms with Crippen LogP contribution in [0.2, 0.25) is 0 Å². The highest BCUT2D eigenvalue weighted by atomic mass is 16.1. The van der Waals surface area contributed by atoms with Crippen LogP contribution in [0.3, 0.4) is 0 Å². The number of carbonyl (C=O) groups excluding carboxylic acids is 1. The van der Waals surface area contributed by atoms with Crippen molar-refractivity contribution >= 4 is 5.91 Å². The number of aryl methyl sites for hydroxylation is 1. The molecule has 6 nitrogen and oxygen atoms in total. The highest BCUT2D eigenvalue weighted by Crippen LogP contribution is 1.95. The minimum Gasteiger partial charge on any atom is -0.349 e. The highest BCUT2D eigenvalue weighted by Gasteiger charge is 2.05. The van der Waals surface area contributed by atoms with E-state index in [0.717, 1.165) is 25.3 Å². The molecule has 0 bridgehead atoms. The van der Waals surface area contributed by atoms with E-state index in [1.807, 2.05) is 11.5 Å². The largest absolute Gasteiger partial charge is 0.349 e. The van der Waals surface area contributed by atoms with E-state index in [2.05, 4.69) is 34.7 Å². The fourth-order valence-electron chi connectivity index (χ4n) is 1.59. The molecule has 0 aliphatic rings. The zero-order chi connectivity index (χ0) is 13.4. The van der Waals surface area contributed by atoms with Gasteiger partial charge in [-0.05, 0) is 19.9 Å². The van der Waals surface area contributed by atoms with Gasteiger partial charge in [-0.25, -0.2) is 0 Å². The average molecular weight is 253 g/mol. The van der Waals surface area contributed by atoms with Gasteiger partial charge in [0.05, 0.1) is 6.54 Å². The normalized spacial score (nSPS) is 10.9. The molecule has 1 aromatic rings. The summed E-state index contributed by atoms with van der Waals surface area (Å²) in [5.74, 6) is 0.859. The molecular formula is C12H23N5O. The van der Waals surface area contributed by atoms with Gasteiger partial charge in [-0.1, -0.05) is 13.8 Å². The number of hydrogen-bond acceptors (Lipinski definition) is 4. The van der Waals surface area contributed by atoms with Gasteiger partial charge in [0.2, 0.25) is 5.91 Å². The third-order valence-corrected chi connectivity index (χ3v) is 2.61. The number of nitrogens with one attached hydrogen (secondary N) is 2. The van der Waals surface area contributed by atoms with Crippen LogP contribution >= 0.6 is 0 Å². The molecular weight excluding hydrogens is 230 g/mol. The minimum atomic E-state index is 0.0613. The van der Waals surface area contributed by atoms with Gasteiger partial charge in [0.15, 0.2) is 5.82 Å². The first-order valence-electron chi connectivity index (χ1n) is 6.50. The smallest absolute Gasteiger partial charge is 0.220 e. The first-order chi connectivity index (χ1) is 8.63. The molecule has 102 valence electrons. The van der Waals surface area contributed by atoms with Crippen LogP contribution in [0.4, 0.5) is 0 Å². The Morgan fingerprint density at radius 1 is 1.50 bits per heavy atom. The van der Waals surface area contributed by atoms with Crippen LogP contribution < -0.4 is 10.6 Å². The Morgan fingerprint density at radius 2 is 2.28 bits per heavy atom. The first-order valence-corrected chi connectivity index (χ1v) is 6.50. The molecule has 0 saturated carbocycles. The molecule has 1 amide bonds. The summed E-state index contributed by atoms with van der Waals surface area (Å²) in [5, 5.41) is 13.9. The van der Waals surface area contributed by atoms with Gasteiger partial charge in [0, 0.05) is 19.0 Å². The maximum atomic E-state index is 11.6. The Morgan fingerprint density at radius 3 is 2.94 bits per heavy atom. The molecule has 1 aromatic heterocycles. The minimum absolute atomic E-state index is 0.0613. The Kier molecular flexibility index (Phi) is 6.35. The third kappa shape index (κ3) is 5.27. The number of hydrogen-bond donors (Lipinski definition) is 2. The summed E-state index contributed by atoms with van der Waals surface area (Å²) >= 11 is 0. The molecule has 1 rings (SSSR count). The molecule has 0 aromatic carbocycles. The van der Waals surface area contributed by atoms with Crippen molar-refractivity contribution in [2.75, 3.05) is 6.54 Å². The molecule has 0 saturated heterocycles. The summed E-state index contributed by atoms with van der Waals surface area (Å²) in [6.45, 7) is 8.35. The summed E-state index contributed by atoms with van der Waals surface area (Å²) in [6.07, 6.45) is 3.07. The molecule has 0 unspecified atom stereocenters. The van der Waals surface area contributed by atoms with Crippen LogP contribution in [0.5, 0.6) is 0 Å². The lowest BCUT2D eigenvalue weighted by Gasteiger charge is -2.08. The van der Waals surface area contributed by atoms with Gasteiger partial charge in [0.25, 0.3) is 0 Å². The van der Waals surface area contributed by atoms with Gasteiger partial charge < -0.3 is 15.2 Å². The molecule has 0 atom stereocenters.